The van der Waals surface area contributed by atoms with Crippen molar-refractivity contribution in [2.24, 2.45) is 11.3 Å². The van der Waals surface area contributed by atoms with Crippen LogP contribution in [0.4, 0.5) is 21.6 Å². The second-order valence-corrected chi connectivity index (χ2v) is 10.0. The molecule has 30 heavy (non-hydrogen) atoms. The average molecular weight is 415 g/mol. The third kappa shape index (κ3) is 3.12. The minimum atomic E-state index is -0.861. The summed E-state index contributed by atoms with van der Waals surface area (Å²) >= 11 is 0. The van der Waals surface area contributed by atoms with Crippen molar-refractivity contribution in [3.05, 3.63) is 29.7 Å². The van der Waals surface area contributed by atoms with Crippen LogP contribution in [0, 0.1) is 18.3 Å². The summed E-state index contributed by atoms with van der Waals surface area (Å²) in [6.45, 7) is 7.61. The predicted molar refractivity (Wildman–Crippen MR) is 115 cm³/mol. The molecule has 0 spiro atoms. The van der Waals surface area contributed by atoms with Crippen LogP contribution in [0.15, 0.2) is 18.5 Å². The van der Waals surface area contributed by atoms with Crippen LogP contribution >= 0.6 is 0 Å². The first-order chi connectivity index (χ1) is 14.2. The van der Waals surface area contributed by atoms with Crippen molar-refractivity contribution in [2.75, 3.05) is 22.6 Å². The first-order valence-corrected chi connectivity index (χ1v) is 10.8. The van der Waals surface area contributed by atoms with Crippen LogP contribution in [-0.4, -0.2) is 44.9 Å². The predicted octanol–water partition coefficient (Wildman–Crippen LogP) is 3.30. The molecule has 0 aromatic carbocycles. The van der Waals surface area contributed by atoms with E-state index in [1.807, 2.05) is 37.1 Å². The van der Waals surface area contributed by atoms with Gasteiger partial charge in [-0.05, 0) is 37.5 Å². The molecule has 162 valence electrons. The fourth-order valence-corrected chi connectivity index (χ4v) is 5.77. The Morgan fingerprint density at radius 2 is 2.10 bits per heavy atom. The topological polar surface area (TPSA) is 78.2 Å². The average Bonchev–Trinajstić information content (AvgIpc) is 3.06. The van der Waals surface area contributed by atoms with Crippen molar-refractivity contribution >= 4 is 17.2 Å². The molecule has 8 heteroatoms. The van der Waals surface area contributed by atoms with Gasteiger partial charge in [-0.1, -0.05) is 13.8 Å². The molecule has 3 fully saturated rings. The van der Waals surface area contributed by atoms with Gasteiger partial charge in [-0.3, -0.25) is 4.68 Å². The molecule has 4 aliphatic rings. The van der Waals surface area contributed by atoms with Gasteiger partial charge in [-0.2, -0.15) is 5.10 Å². The summed E-state index contributed by atoms with van der Waals surface area (Å²) < 4.78 is 15.7. The standard InChI is InChI=1S/C22H31FN6O/c1-13(2)19-20(30)27-18-14(3)26-17(5-16(18)28(19)4)24-6-15-7-25-29(8-15)12-21-9-22(23,10-21)11-21/h5,7-8,13,19-20,27,30H,6,9-12H2,1-4H3,(H,24,26)/t19-,20?,21?,22?/m0/s1. The van der Waals surface area contributed by atoms with Crippen LogP contribution in [0.3, 0.4) is 0 Å². The highest BCUT2D eigenvalue weighted by molar-refractivity contribution is 5.77. The lowest BCUT2D eigenvalue weighted by molar-refractivity contribution is -0.221. The van der Waals surface area contributed by atoms with Crippen molar-refractivity contribution in [1.29, 1.82) is 0 Å². The number of aliphatic hydroxyl groups is 1. The number of nitrogens with zero attached hydrogens (tertiary/aromatic N) is 4. The molecule has 3 heterocycles. The van der Waals surface area contributed by atoms with Gasteiger partial charge in [0.25, 0.3) is 0 Å². The van der Waals surface area contributed by atoms with Gasteiger partial charge >= 0.3 is 0 Å². The van der Waals surface area contributed by atoms with Gasteiger partial charge in [0, 0.05) is 38.0 Å². The Labute approximate surface area is 176 Å². The number of nitrogens with one attached hydrogen (secondary N) is 2. The Bertz CT molecular complexity index is 953. The second-order valence-electron chi connectivity index (χ2n) is 10.0. The number of rotatable bonds is 6. The van der Waals surface area contributed by atoms with E-state index in [0.717, 1.165) is 35.0 Å². The maximum Gasteiger partial charge on any atom is 0.145 e. The van der Waals surface area contributed by atoms with Crippen molar-refractivity contribution in [3.8, 4) is 0 Å². The lowest BCUT2D eigenvalue weighted by Crippen LogP contribution is -2.65. The molecule has 6 rings (SSSR count). The maximum absolute atomic E-state index is 13.7. The Hall–Kier alpha value is -2.35. The molecule has 3 saturated carbocycles. The number of aromatic nitrogens is 3. The number of hydrogen-bond donors (Lipinski definition) is 3. The number of halogens is 1. The third-order valence-electron chi connectivity index (χ3n) is 7.04. The molecule has 0 saturated heterocycles. The Balaban J connectivity index is 1.27. The first kappa shape index (κ1) is 19.6. The fraction of sp³-hybridized carbons (Fsp3) is 0.636. The van der Waals surface area contributed by atoms with E-state index in [9.17, 15) is 9.50 Å². The van der Waals surface area contributed by atoms with Gasteiger partial charge in [0.15, 0.2) is 0 Å². The summed E-state index contributed by atoms with van der Waals surface area (Å²) in [6, 6.07) is 2.02. The Kier molecular flexibility index (Phi) is 4.29. The van der Waals surface area contributed by atoms with E-state index in [-0.39, 0.29) is 11.5 Å². The maximum atomic E-state index is 13.7. The van der Waals surface area contributed by atoms with E-state index in [2.05, 4.69) is 39.5 Å². The third-order valence-corrected chi connectivity index (χ3v) is 7.04. The van der Waals surface area contributed by atoms with E-state index in [4.69, 9.17) is 0 Å². The fourth-order valence-electron chi connectivity index (χ4n) is 5.77. The molecule has 0 amide bonds. The van der Waals surface area contributed by atoms with Crippen LogP contribution in [-0.2, 0) is 13.1 Å². The number of anilines is 3. The van der Waals surface area contributed by atoms with Crippen molar-refractivity contribution < 1.29 is 9.50 Å². The lowest BCUT2D eigenvalue weighted by Gasteiger charge is -2.65. The van der Waals surface area contributed by atoms with Crippen molar-refractivity contribution in [2.45, 2.75) is 71.1 Å². The summed E-state index contributed by atoms with van der Waals surface area (Å²) in [6.07, 6.45) is 5.37. The summed E-state index contributed by atoms with van der Waals surface area (Å²) in [5.74, 6) is 1.10. The zero-order chi connectivity index (χ0) is 21.3. The summed E-state index contributed by atoms with van der Waals surface area (Å²) in [5.41, 5.74) is 3.13. The van der Waals surface area contributed by atoms with E-state index in [1.54, 1.807) is 0 Å². The monoisotopic (exact) mass is 414 g/mol. The van der Waals surface area contributed by atoms with Crippen molar-refractivity contribution in [1.82, 2.24) is 14.8 Å². The molecule has 3 N–H and O–H groups in total. The molecule has 1 unspecified atom stereocenters. The molecular formula is C22H31FN6O. The molecule has 1 aliphatic heterocycles. The van der Waals surface area contributed by atoms with E-state index >= 15 is 0 Å². The number of alkyl halides is 1. The summed E-state index contributed by atoms with van der Waals surface area (Å²) in [4.78, 5) is 6.80. The quantitative estimate of drug-likeness (QED) is 0.673. The van der Waals surface area contributed by atoms with Crippen LogP contribution < -0.4 is 15.5 Å². The SMILES string of the molecule is Cc1nc(NCc2cnn(CC34CC(F)(C3)C4)c2)cc2c1NC(O)[C@H](C(C)C)N2C. The van der Waals surface area contributed by atoms with E-state index in [1.165, 1.54) is 0 Å². The Morgan fingerprint density at radius 1 is 1.37 bits per heavy atom. The van der Waals surface area contributed by atoms with E-state index in [0.29, 0.717) is 31.7 Å². The van der Waals surface area contributed by atoms with Gasteiger partial charge in [0.1, 0.15) is 17.7 Å². The number of pyridine rings is 1. The van der Waals surface area contributed by atoms with Gasteiger partial charge in [-0.25, -0.2) is 9.37 Å². The summed E-state index contributed by atoms with van der Waals surface area (Å²) in [7, 11) is 2.02. The molecule has 2 bridgehead atoms. The number of aliphatic hydroxyl groups excluding tert-OH is 1. The molecule has 0 radical (unpaired) electrons. The summed E-state index contributed by atoms with van der Waals surface area (Å²) in [5, 5.41) is 21.6. The first-order valence-electron chi connectivity index (χ1n) is 10.8. The molecule has 2 aromatic heterocycles. The number of likely N-dealkylation sites (N-methyl/N-ethyl adjacent to an activating group) is 1. The highest BCUT2D eigenvalue weighted by atomic mass is 19.1. The number of aryl methyl sites for hydroxylation is 1. The van der Waals surface area contributed by atoms with Crippen LogP contribution in [0.2, 0.25) is 0 Å². The lowest BCUT2D eigenvalue weighted by atomic mass is 9.42. The van der Waals surface area contributed by atoms with Gasteiger partial charge in [0.2, 0.25) is 0 Å². The molecular weight excluding hydrogens is 383 g/mol. The highest BCUT2D eigenvalue weighted by Crippen LogP contribution is 2.70. The largest absolute Gasteiger partial charge is 0.372 e. The Morgan fingerprint density at radius 3 is 2.77 bits per heavy atom. The minimum absolute atomic E-state index is 0.00850. The molecule has 3 aliphatic carbocycles. The molecule has 2 aromatic rings. The molecule has 7 nitrogen and oxygen atoms in total. The number of fused-ring (bicyclic) bond motifs is 1. The highest BCUT2D eigenvalue weighted by Gasteiger charge is 2.69. The van der Waals surface area contributed by atoms with Gasteiger partial charge in [0.05, 0.1) is 29.3 Å². The second kappa shape index (κ2) is 6.57. The molecule has 2 atom stereocenters. The zero-order valence-corrected chi connectivity index (χ0v) is 18.1. The van der Waals surface area contributed by atoms with Crippen LogP contribution in [0.25, 0.3) is 0 Å². The van der Waals surface area contributed by atoms with Gasteiger partial charge < -0.3 is 20.6 Å². The number of hydrogen-bond acceptors (Lipinski definition) is 6. The van der Waals surface area contributed by atoms with Crippen LogP contribution in [0.1, 0.15) is 44.4 Å². The minimum Gasteiger partial charge on any atom is -0.372 e. The van der Waals surface area contributed by atoms with Gasteiger partial charge in [-0.15, -0.1) is 0 Å². The van der Waals surface area contributed by atoms with E-state index < -0.39 is 11.9 Å². The van der Waals surface area contributed by atoms with Crippen LogP contribution in [0.5, 0.6) is 0 Å². The van der Waals surface area contributed by atoms with Crippen molar-refractivity contribution in [3.63, 3.8) is 0 Å². The zero-order valence-electron chi connectivity index (χ0n) is 18.1. The normalized spacial score (nSPS) is 31.6. The smallest absolute Gasteiger partial charge is 0.145 e.